The average molecular weight is 541 g/mol. The summed E-state index contributed by atoms with van der Waals surface area (Å²) in [6.45, 7) is 8.14. The molecule has 1 aromatic heterocycles. The van der Waals surface area contributed by atoms with Gasteiger partial charge in [-0.25, -0.2) is 8.42 Å². The molecule has 1 aliphatic rings. The topological polar surface area (TPSA) is 113 Å². The summed E-state index contributed by atoms with van der Waals surface area (Å²) in [6.07, 6.45) is 0.696. The van der Waals surface area contributed by atoms with Crippen molar-refractivity contribution in [1.82, 2.24) is 9.21 Å². The molecule has 3 N–H and O–H groups in total. The van der Waals surface area contributed by atoms with E-state index in [-0.39, 0.29) is 17.0 Å². The summed E-state index contributed by atoms with van der Waals surface area (Å²) in [6, 6.07) is 15.6. The molecule has 0 aliphatic carbocycles. The second kappa shape index (κ2) is 11.1. The van der Waals surface area contributed by atoms with Crippen LogP contribution in [-0.4, -0.2) is 48.6 Å². The minimum Gasteiger partial charge on any atom is -0.365 e. The molecule has 2 heterocycles. The predicted molar refractivity (Wildman–Crippen MR) is 146 cm³/mol. The highest BCUT2D eigenvalue weighted by molar-refractivity contribution is 7.89. The molecule has 10 heteroatoms. The van der Waals surface area contributed by atoms with Gasteiger partial charge in [0, 0.05) is 42.7 Å². The van der Waals surface area contributed by atoms with Gasteiger partial charge in [-0.2, -0.15) is 4.31 Å². The largest absolute Gasteiger partial charge is 0.365 e. The highest BCUT2D eigenvalue weighted by atomic mass is 32.2. The van der Waals surface area contributed by atoms with E-state index in [1.54, 1.807) is 6.92 Å². The summed E-state index contributed by atoms with van der Waals surface area (Å²) >= 11 is 1.37. The monoisotopic (exact) mass is 540 g/mol. The Bertz CT molecular complexity index is 1380. The number of rotatable bonds is 9. The maximum atomic E-state index is 13.2. The fraction of sp³-hybridized carbons (Fsp3) is 0.333. The molecule has 0 unspecified atom stereocenters. The Morgan fingerprint density at radius 3 is 2.38 bits per heavy atom. The Kier molecular flexibility index (Phi) is 8.13. The molecular weight excluding hydrogens is 508 g/mol. The molecule has 3 aromatic rings. The van der Waals surface area contributed by atoms with E-state index in [4.69, 9.17) is 5.73 Å². The number of primary amides is 1. The summed E-state index contributed by atoms with van der Waals surface area (Å²) in [5.41, 5.74) is 8.15. The summed E-state index contributed by atoms with van der Waals surface area (Å²) in [5, 5.41) is 3.27. The van der Waals surface area contributed by atoms with Crippen LogP contribution >= 0.6 is 11.3 Å². The molecular formula is C27H32N4O4S2. The number of hydrogen-bond acceptors (Lipinski definition) is 6. The predicted octanol–water partition coefficient (Wildman–Crippen LogP) is 4.08. The van der Waals surface area contributed by atoms with Gasteiger partial charge >= 0.3 is 0 Å². The van der Waals surface area contributed by atoms with Crippen LogP contribution in [0.4, 0.5) is 5.00 Å². The number of nitrogens with zero attached hydrogens (tertiary/aromatic N) is 2. The van der Waals surface area contributed by atoms with Gasteiger partial charge in [-0.05, 0) is 55.7 Å². The van der Waals surface area contributed by atoms with Gasteiger partial charge in [-0.1, -0.05) is 37.3 Å². The van der Waals surface area contributed by atoms with Gasteiger partial charge in [-0.3, -0.25) is 14.5 Å². The van der Waals surface area contributed by atoms with Gasteiger partial charge in [0.25, 0.3) is 11.8 Å². The molecule has 0 spiro atoms. The molecule has 0 bridgehead atoms. The molecule has 0 fully saturated rings. The fourth-order valence-electron chi connectivity index (χ4n) is 4.47. The van der Waals surface area contributed by atoms with Crippen molar-refractivity contribution in [2.24, 2.45) is 5.73 Å². The maximum Gasteiger partial charge on any atom is 0.256 e. The van der Waals surface area contributed by atoms with Crippen LogP contribution in [0, 0.1) is 0 Å². The van der Waals surface area contributed by atoms with Crippen molar-refractivity contribution >= 4 is 38.2 Å². The van der Waals surface area contributed by atoms with Crippen LogP contribution < -0.4 is 11.1 Å². The van der Waals surface area contributed by atoms with Crippen LogP contribution in [0.2, 0.25) is 0 Å². The van der Waals surface area contributed by atoms with E-state index in [1.807, 2.05) is 30.3 Å². The zero-order valence-corrected chi connectivity index (χ0v) is 22.9. The lowest BCUT2D eigenvalue weighted by Crippen LogP contribution is -2.35. The van der Waals surface area contributed by atoms with Crippen molar-refractivity contribution in [1.29, 1.82) is 0 Å². The van der Waals surface area contributed by atoms with E-state index in [1.165, 1.54) is 39.9 Å². The second-order valence-electron chi connectivity index (χ2n) is 9.28. The lowest BCUT2D eigenvalue weighted by molar-refractivity contribution is 0.0999. The summed E-state index contributed by atoms with van der Waals surface area (Å²) in [7, 11) is -3.75. The van der Waals surface area contributed by atoms with Crippen molar-refractivity contribution in [2.75, 3.05) is 18.4 Å². The third kappa shape index (κ3) is 5.77. The standard InChI is InChI=1S/C27H32N4O4S2/c1-4-31(16-19-8-6-5-7-9-19)37(34,35)21-12-10-20(11-13-21)26(33)29-27-24(25(28)32)22-14-15-30(18(2)3)17-23(22)36-27/h5-13,18H,4,14-17H2,1-3H3,(H2,28,32)(H,29,33). The number of anilines is 1. The van der Waals surface area contributed by atoms with Gasteiger partial charge in [0.15, 0.2) is 0 Å². The Morgan fingerprint density at radius 2 is 1.78 bits per heavy atom. The first-order chi connectivity index (χ1) is 17.6. The molecule has 2 amide bonds. The zero-order valence-electron chi connectivity index (χ0n) is 21.2. The zero-order chi connectivity index (χ0) is 26.7. The summed E-state index contributed by atoms with van der Waals surface area (Å²) in [5.74, 6) is -0.993. The third-order valence-corrected chi connectivity index (χ3v) is 9.67. The van der Waals surface area contributed by atoms with Crippen molar-refractivity contribution in [3.63, 3.8) is 0 Å². The number of nitrogens with two attached hydrogens (primary N) is 1. The number of carbonyl (C=O) groups excluding carboxylic acids is 2. The van der Waals surface area contributed by atoms with Crippen molar-refractivity contribution in [2.45, 2.75) is 51.2 Å². The van der Waals surface area contributed by atoms with Gasteiger partial charge in [0.2, 0.25) is 10.0 Å². The molecule has 1 aliphatic heterocycles. The Labute approximate surface area is 222 Å². The number of hydrogen-bond donors (Lipinski definition) is 2. The summed E-state index contributed by atoms with van der Waals surface area (Å²) in [4.78, 5) is 28.8. The van der Waals surface area contributed by atoms with E-state index in [2.05, 4.69) is 24.1 Å². The number of carbonyl (C=O) groups is 2. The fourth-order valence-corrected chi connectivity index (χ4v) is 7.18. The molecule has 196 valence electrons. The molecule has 0 radical (unpaired) electrons. The highest BCUT2D eigenvalue weighted by Crippen LogP contribution is 2.37. The number of benzene rings is 2. The van der Waals surface area contributed by atoms with E-state index in [0.29, 0.717) is 36.1 Å². The Hall–Kier alpha value is -3.05. The molecule has 8 nitrogen and oxygen atoms in total. The lowest BCUT2D eigenvalue weighted by atomic mass is 10.0. The molecule has 4 rings (SSSR count). The number of sulfonamides is 1. The number of amides is 2. The highest BCUT2D eigenvalue weighted by Gasteiger charge is 2.29. The van der Waals surface area contributed by atoms with Gasteiger partial charge in [0.1, 0.15) is 5.00 Å². The van der Waals surface area contributed by atoms with Crippen molar-refractivity contribution in [3.05, 3.63) is 81.7 Å². The summed E-state index contributed by atoms with van der Waals surface area (Å²) < 4.78 is 27.8. The average Bonchev–Trinajstić information content (AvgIpc) is 3.25. The van der Waals surface area contributed by atoms with Crippen LogP contribution in [0.1, 0.15) is 57.5 Å². The number of nitrogens with one attached hydrogen (secondary N) is 1. The second-order valence-corrected chi connectivity index (χ2v) is 12.3. The molecule has 0 saturated heterocycles. The Balaban J connectivity index is 1.53. The van der Waals surface area contributed by atoms with E-state index in [9.17, 15) is 18.0 Å². The number of fused-ring (bicyclic) bond motifs is 1. The normalized spacial score (nSPS) is 14.1. The van der Waals surface area contributed by atoms with Crippen molar-refractivity contribution < 1.29 is 18.0 Å². The molecule has 2 aromatic carbocycles. The van der Waals surface area contributed by atoms with Gasteiger partial charge < -0.3 is 11.1 Å². The lowest BCUT2D eigenvalue weighted by Gasteiger charge is -2.30. The first-order valence-electron chi connectivity index (χ1n) is 12.3. The van der Waals surface area contributed by atoms with Gasteiger partial charge in [0.05, 0.1) is 10.5 Å². The molecule has 0 atom stereocenters. The first kappa shape index (κ1) is 27.0. The minimum atomic E-state index is -3.75. The van der Waals surface area contributed by atoms with Crippen LogP contribution in [0.3, 0.4) is 0 Å². The van der Waals surface area contributed by atoms with Crippen LogP contribution in [0.5, 0.6) is 0 Å². The number of thiophene rings is 1. The third-order valence-electron chi connectivity index (χ3n) is 6.60. The smallest absolute Gasteiger partial charge is 0.256 e. The van der Waals surface area contributed by atoms with Crippen molar-refractivity contribution in [3.8, 4) is 0 Å². The molecule has 0 saturated carbocycles. The van der Waals surface area contributed by atoms with E-state index in [0.717, 1.165) is 22.5 Å². The Morgan fingerprint density at radius 1 is 1.11 bits per heavy atom. The van der Waals surface area contributed by atoms with E-state index < -0.39 is 21.8 Å². The van der Waals surface area contributed by atoms with Gasteiger partial charge in [-0.15, -0.1) is 11.3 Å². The van der Waals surface area contributed by atoms with Crippen LogP contribution in [-0.2, 0) is 29.5 Å². The van der Waals surface area contributed by atoms with Crippen LogP contribution in [0.15, 0.2) is 59.5 Å². The minimum absolute atomic E-state index is 0.111. The first-order valence-corrected chi connectivity index (χ1v) is 14.5. The van der Waals surface area contributed by atoms with Crippen LogP contribution in [0.25, 0.3) is 0 Å². The maximum absolute atomic E-state index is 13.2. The quantitative estimate of drug-likeness (QED) is 0.425. The van der Waals surface area contributed by atoms with E-state index >= 15 is 0 Å². The SMILES string of the molecule is CCN(Cc1ccccc1)S(=O)(=O)c1ccc(C(=O)Nc2sc3c(c2C(N)=O)CCN(C(C)C)C3)cc1. The molecule has 37 heavy (non-hydrogen) atoms.